The van der Waals surface area contributed by atoms with Crippen LogP contribution in [-0.4, -0.2) is 22.4 Å². The van der Waals surface area contributed by atoms with Crippen molar-refractivity contribution in [2.45, 2.75) is 25.7 Å². The van der Waals surface area contributed by atoms with Gasteiger partial charge in [-0.05, 0) is 19.3 Å². The fraction of sp³-hybridized carbons (Fsp3) is 0.500. The van der Waals surface area contributed by atoms with Gasteiger partial charge in [0.05, 0.1) is 0 Å². The highest BCUT2D eigenvalue weighted by molar-refractivity contribution is 5.98. The van der Waals surface area contributed by atoms with Crippen molar-refractivity contribution in [1.82, 2.24) is 10.2 Å². The van der Waals surface area contributed by atoms with Crippen LogP contribution in [0.25, 0.3) is 0 Å². The second-order valence-electron chi connectivity index (χ2n) is 3.05. The summed E-state index contributed by atoms with van der Waals surface area (Å²) in [7, 11) is 0. The molecule has 1 aliphatic carbocycles. The highest BCUT2D eigenvalue weighted by Gasteiger charge is 2.27. The summed E-state index contributed by atoms with van der Waals surface area (Å²) in [4.78, 5) is 10.9. The number of Topliss-reactive ketones (excluding diaryl/α,β-unsaturated/α-hetero) is 1. The Balaban J connectivity index is 2.36. The van der Waals surface area contributed by atoms with Gasteiger partial charge in [-0.1, -0.05) is 0 Å². The third kappa shape index (κ3) is 1.24. The van der Waals surface area contributed by atoms with Crippen LogP contribution in [-0.2, 0) is 12.8 Å². The molecule has 1 aromatic heterocycles. The zero-order valence-corrected chi connectivity index (χ0v) is 6.81. The first-order valence-corrected chi connectivity index (χ1v) is 4.08. The fourth-order valence-corrected chi connectivity index (χ4v) is 1.63. The van der Waals surface area contributed by atoms with Gasteiger partial charge in [-0.2, -0.15) is 5.10 Å². The van der Waals surface area contributed by atoms with E-state index in [1.54, 1.807) is 0 Å². The number of aromatic nitrogens is 2. The molecule has 1 N–H and O–H groups in total. The van der Waals surface area contributed by atoms with Crippen molar-refractivity contribution in [3.8, 4) is 0 Å². The molecule has 0 fully saturated rings. The number of halogens is 2. The molecule has 1 aromatic rings. The first-order chi connectivity index (χ1) is 6.20. The van der Waals surface area contributed by atoms with Crippen LogP contribution in [0.1, 0.15) is 28.2 Å². The molecular weight excluding hydrogens is 178 g/mol. The summed E-state index contributed by atoms with van der Waals surface area (Å²) in [5, 5.41) is 6.22. The number of nitrogens with zero attached hydrogens (tertiary/aromatic N) is 1. The predicted octanol–water partition coefficient (Wildman–Crippen LogP) is 1.35. The minimum atomic E-state index is -2.95. The van der Waals surface area contributed by atoms with Gasteiger partial charge in [0.25, 0.3) is 0 Å². The van der Waals surface area contributed by atoms with Crippen LogP contribution >= 0.6 is 0 Å². The average Bonchev–Trinajstić information content (AvgIpc) is 2.61. The molecule has 13 heavy (non-hydrogen) atoms. The third-order valence-electron chi connectivity index (χ3n) is 2.24. The number of rotatable bonds is 2. The molecule has 0 unspecified atom stereocenters. The minimum absolute atomic E-state index is 0.0671. The lowest BCUT2D eigenvalue weighted by atomic mass is 10.1. The van der Waals surface area contributed by atoms with Crippen LogP contribution in [0, 0.1) is 0 Å². The first kappa shape index (κ1) is 8.34. The van der Waals surface area contributed by atoms with Crippen LogP contribution in [0.4, 0.5) is 8.78 Å². The molecule has 0 bridgehead atoms. The fourth-order valence-electron chi connectivity index (χ4n) is 1.63. The molecule has 5 heteroatoms. The van der Waals surface area contributed by atoms with Gasteiger partial charge in [-0.15, -0.1) is 0 Å². The Hall–Kier alpha value is -1.26. The summed E-state index contributed by atoms with van der Waals surface area (Å²) in [6.45, 7) is 0. The van der Waals surface area contributed by atoms with Crippen molar-refractivity contribution in [3.05, 3.63) is 17.0 Å². The summed E-state index contributed by atoms with van der Waals surface area (Å²) < 4.78 is 24.1. The maximum Gasteiger partial charge on any atom is 0.302 e. The lowest BCUT2D eigenvalue weighted by molar-refractivity contribution is 0.0672. The molecule has 2 rings (SSSR count). The van der Waals surface area contributed by atoms with Crippen LogP contribution in [0.3, 0.4) is 0 Å². The van der Waals surface area contributed by atoms with Gasteiger partial charge in [-0.3, -0.25) is 9.89 Å². The number of hydrogen-bond donors (Lipinski definition) is 1. The smallest absolute Gasteiger partial charge is 0.286 e. The summed E-state index contributed by atoms with van der Waals surface area (Å²) in [6, 6.07) is 0. The average molecular weight is 186 g/mol. The van der Waals surface area contributed by atoms with Crippen molar-refractivity contribution in [3.63, 3.8) is 0 Å². The number of aryl methyl sites for hydroxylation is 1. The van der Waals surface area contributed by atoms with Gasteiger partial charge < -0.3 is 0 Å². The van der Waals surface area contributed by atoms with E-state index >= 15 is 0 Å². The van der Waals surface area contributed by atoms with E-state index in [4.69, 9.17) is 0 Å². The number of ketones is 1. The van der Waals surface area contributed by atoms with Crippen LogP contribution in [0.5, 0.6) is 0 Å². The highest BCUT2D eigenvalue weighted by atomic mass is 19.3. The second kappa shape index (κ2) is 2.90. The number of fused-ring (bicyclic) bond motifs is 1. The van der Waals surface area contributed by atoms with Crippen LogP contribution in [0.2, 0.25) is 0 Å². The Morgan fingerprint density at radius 3 is 2.92 bits per heavy atom. The van der Waals surface area contributed by atoms with E-state index in [0.29, 0.717) is 12.0 Å². The third-order valence-corrected chi connectivity index (χ3v) is 2.24. The Morgan fingerprint density at radius 1 is 1.46 bits per heavy atom. The lowest BCUT2D eigenvalue weighted by Gasteiger charge is -1.96. The van der Waals surface area contributed by atoms with Crippen molar-refractivity contribution in [1.29, 1.82) is 0 Å². The zero-order chi connectivity index (χ0) is 9.42. The molecular formula is C8H8F2N2O. The molecule has 1 heterocycles. The topological polar surface area (TPSA) is 45.8 Å². The van der Waals surface area contributed by atoms with E-state index in [1.807, 2.05) is 0 Å². The Morgan fingerprint density at radius 2 is 2.23 bits per heavy atom. The van der Waals surface area contributed by atoms with Crippen molar-refractivity contribution in [2.75, 3.05) is 0 Å². The van der Waals surface area contributed by atoms with Gasteiger partial charge in [0.2, 0.25) is 5.78 Å². The number of carbonyl (C=O) groups excluding carboxylic acids is 1. The highest BCUT2D eigenvalue weighted by Crippen LogP contribution is 2.24. The summed E-state index contributed by atoms with van der Waals surface area (Å²) in [5.74, 6) is -1.17. The van der Waals surface area contributed by atoms with Crippen molar-refractivity contribution in [2.24, 2.45) is 0 Å². The van der Waals surface area contributed by atoms with Crippen LogP contribution in [0.15, 0.2) is 0 Å². The molecule has 0 aliphatic heterocycles. The first-order valence-electron chi connectivity index (χ1n) is 4.08. The van der Waals surface area contributed by atoms with E-state index in [1.165, 1.54) is 0 Å². The van der Waals surface area contributed by atoms with Crippen molar-refractivity contribution < 1.29 is 13.6 Å². The molecule has 0 spiro atoms. The van der Waals surface area contributed by atoms with E-state index in [-0.39, 0.29) is 5.69 Å². The maximum absolute atomic E-state index is 12.1. The molecule has 1 aliphatic rings. The molecule has 3 nitrogen and oxygen atoms in total. The van der Waals surface area contributed by atoms with E-state index in [0.717, 1.165) is 18.5 Å². The maximum atomic E-state index is 12.1. The summed E-state index contributed by atoms with van der Waals surface area (Å²) >= 11 is 0. The van der Waals surface area contributed by atoms with Gasteiger partial charge in [-0.25, -0.2) is 8.78 Å². The number of hydrogen-bond acceptors (Lipinski definition) is 2. The van der Waals surface area contributed by atoms with Gasteiger partial charge >= 0.3 is 6.43 Å². The van der Waals surface area contributed by atoms with E-state index < -0.39 is 12.2 Å². The molecule has 0 saturated carbocycles. The van der Waals surface area contributed by atoms with Gasteiger partial charge in [0, 0.05) is 11.3 Å². The Bertz CT molecular complexity index is 346. The van der Waals surface area contributed by atoms with Gasteiger partial charge in [0.15, 0.2) is 0 Å². The molecule has 0 saturated heterocycles. The largest absolute Gasteiger partial charge is 0.302 e. The lowest BCUT2D eigenvalue weighted by Crippen LogP contribution is -2.12. The van der Waals surface area contributed by atoms with Crippen LogP contribution < -0.4 is 0 Å². The number of alkyl halides is 2. The summed E-state index contributed by atoms with van der Waals surface area (Å²) in [6.07, 6.45) is -0.556. The molecule has 0 aromatic carbocycles. The number of nitrogens with one attached hydrogen (secondary N) is 1. The standard InChI is InChI=1S/C8H8F2N2O/c9-8(10)7(13)6-4-2-1-3-5(4)11-12-6/h8H,1-3H2,(H,11,12). The number of H-pyrrole nitrogens is 1. The molecule has 0 atom stereocenters. The monoisotopic (exact) mass is 186 g/mol. The van der Waals surface area contributed by atoms with E-state index in [2.05, 4.69) is 10.2 Å². The second-order valence-corrected chi connectivity index (χ2v) is 3.05. The normalized spacial score (nSPS) is 15.0. The predicted molar refractivity (Wildman–Crippen MR) is 40.9 cm³/mol. The Kier molecular flexibility index (Phi) is 1.86. The number of aromatic amines is 1. The summed E-state index contributed by atoms with van der Waals surface area (Å²) in [5.41, 5.74) is 1.46. The minimum Gasteiger partial charge on any atom is -0.286 e. The molecule has 70 valence electrons. The molecule has 0 radical (unpaired) electrons. The van der Waals surface area contributed by atoms with Gasteiger partial charge in [0.1, 0.15) is 5.69 Å². The zero-order valence-electron chi connectivity index (χ0n) is 6.81. The van der Waals surface area contributed by atoms with E-state index in [9.17, 15) is 13.6 Å². The Labute approximate surface area is 73.1 Å². The quantitative estimate of drug-likeness (QED) is 0.708. The van der Waals surface area contributed by atoms with Crippen molar-refractivity contribution >= 4 is 5.78 Å². The SMILES string of the molecule is O=C(c1n[nH]c2c1CCC2)C(F)F. The number of carbonyl (C=O) groups is 1. The molecule has 0 amide bonds.